The van der Waals surface area contributed by atoms with Gasteiger partial charge in [-0.25, -0.2) is 0 Å². The second kappa shape index (κ2) is 5.86. The number of hydrogen-bond donors (Lipinski definition) is 3. The number of benzene rings is 1. The Hall–Kier alpha value is -1.30. The molecule has 17 heavy (non-hydrogen) atoms. The molecule has 0 aliphatic carbocycles. The Balaban J connectivity index is 2.70. The van der Waals surface area contributed by atoms with Crippen molar-refractivity contribution >= 4 is 40.8 Å². The first kappa shape index (κ1) is 13.8. The highest BCUT2D eigenvalue weighted by molar-refractivity contribution is 6.35. The zero-order valence-electron chi connectivity index (χ0n) is 8.48. The summed E-state index contributed by atoms with van der Waals surface area (Å²) in [6, 6.07) is 4.34. The summed E-state index contributed by atoms with van der Waals surface area (Å²) in [4.78, 5) is 21.7. The van der Waals surface area contributed by atoms with Gasteiger partial charge >= 0.3 is 5.97 Å². The summed E-state index contributed by atoms with van der Waals surface area (Å²) in [6.07, 6.45) is -2.29. The van der Waals surface area contributed by atoms with Crippen molar-refractivity contribution in [2.45, 2.75) is 12.5 Å². The molecule has 0 spiro atoms. The molecular weight excluding hydrogens is 269 g/mol. The van der Waals surface area contributed by atoms with Gasteiger partial charge < -0.3 is 15.5 Å². The van der Waals surface area contributed by atoms with Gasteiger partial charge in [-0.15, -0.1) is 0 Å². The molecule has 5 nitrogen and oxygen atoms in total. The second-order valence-electron chi connectivity index (χ2n) is 3.26. The van der Waals surface area contributed by atoms with Crippen LogP contribution in [0.2, 0.25) is 10.0 Å². The number of aliphatic hydroxyl groups is 1. The maximum atomic E-state index is 11.4. The summed E-state index contributed by atoms with van der Waals surface area (Å²) in [6.45, 7) is 0. The van der Waals surface area contributed by atoms with E-state index in [9.17, 15) is 14.7 Å². The zero-order valence-corrected chi connectivity index (χ0v) is 10.00. The number of carboxylic acid groups (broad SMARTS) is 1. The van der Waals surface area contributed by atoms with E-state index in [4.69, 9.17) is 28.3 Å². The number of amides is 1. The van der Waals surface area contributed by atoms with E-state index in [1.165, 1.54) is 18.2 Å². The number of nitrogens with one attached hydrogen (secondary N) is 1. The van der Waals surface area contributed by atoms with Crippen LogP contribution in [0.25, 0.3) is 0 Å². The number of rotatable bonds is 4. The van der Waals surface area contributed by atoms with Gasteiger partial charge in [0.25, 0.3) is 5.91 Å². The standard InChI is InChI=1S/C10H9Cl2NO4/c11-5-1-6(12)3-7(2-5)13-10(17)8(14)4-9(15)16/h1-3,8,14H,4H2,(H,13,17)(H,15,16). The van der Waals surface area contributed by atoms with E-state index in [0.717, 1.165) is 0 Å². The van der Waals surface area contributed by atoms with Crippen LogP contribution in [-0.4, -0.2) is 28.2 Å². The van der Waals surface area contributed by atoms with Crippen LogP contribution in [0.5, 0.6) is 0 Å². The Bertz CT molecular complexity index is 430. The first-order valence-corrected chi connectivity index (χ1v) is 5.31. The van der Waals surface area contributed by atoms with Crippen LogP contribution in [0, 0.1) is 0 Å². The number of halogens is 2. The molecule has 0 bridgehead atoms. The van der Waals surface area contributed by atoms with Crippen molar-refractivity contribution < 1.29 is 19.8 Å². The molecule has 3 N–H and O–H groups in total. The van der Waals surface area contributed by atoms with Gasteiger partial charge in [0.2, 0.25) is 0 Å². The van der Waals surface area contributed by atoms with E-state index < -0.39 is 24.4 Å². The Morgan fingerprint density at radius 3 is 2.24 bits per heavy atom. The minimum Gasteiger partial charge on any atom is -0.481 e. The third-order valence-electron chi connectivity index (χ3n) is 1.80. The molecule has 1 aromatic carbocycles. The van der Waals surface area contributed by atoms with Gasteiger partial charge in [0.1, 0.15) is 6.10 Å². The summed E-state index contributed by atoms with van der Waals surface area (Å²) in [5.41, 5.74) is 0.289. The predicted octanol–water partition coefficient (Wildman–Crippen LogP) is 1.77. The molecule has 7 heteroatoms. The van der Waals surface area contributed by atoms with Gasteiger partial charge in [-0.3, -0.25) is 9.59 Å². The van der Waals surface area contributed by atoms with Gasteiger partial charge in [-0.2, -0.15) is 0 Å². The van der Waals surface area contributed by atoms with Gasteiger partial charge in [0.05, 0.1) is 6.42 Å². The molecular formula is C10H9Cl2NO4. The maximum Gasteiger partial charge on any atom is 0.306 e. The molecule has 0 aliphatic heterocycles. The van der Waals surface area contributed by atoms with Crippen molar-refractivity contribution in [1.82, 2.24) is 0 Å². The molecule has 0 aliphatic rings. The van der Waals surface area contributed by atoms with E-state index in [-0.39, 0.29) is 5.69 Å². The number of anilines is 1. The van der Waals surface area contributed by atoms with E-state index >= 15 is 0 Å². The fourth-order valence-corrected chi connectivity index (χ4v) is 1.64. The molecule has 0 radical (unpaired) electrons. The van der Waals surface area contributed by atoms with E-state index in [2.05, 4.69) is 5.32 Å². The van der Waals surface area contributed by atoms with Crippen LogP contribution in [-0.2, 0) is 9.59 Å². The first-order chi connectivity index (χ1) is 7.88. The molecule has 1 aromatic rings. The second-order valence-corrected chi connectivity index (χ2v) is 4.13. The van der Waals surface area contributed by atoms with Crippen molar-refractivity contribution in [3.8, 4) is 0 Å². The molecule has 0 saturated heterocycles. The first-order valence-electron chi connectivity index (χ1n) is 4.55. The molecule has 92 valence electrons. The molecule has 1 amide bonds. The summed E-state index contributed by atoms with van der Waals surface area (Å²) < 4.78 is 0. The van der Waals surface area contributed by atoms with Crippen LogP contribution >= 0.6 is 23.2 Å². The zero-order chi connectivity index (χ0) is 13.0. The number of carbonyl (C=O) groups is 2. The predicted molar refractivity (Wildman–Crippen MR) is 63.4 cm³/mol. The Morgan fingerprint density at radius 2 is 1.76 bits per heavy atom. The number of carboxylic acids is 1. The number of aliphatic carboxylic acids is 1. The van der Waals surface area contributed by atoms with Crippen LogP contribution in [0.3, 0.4) is 0 Å². The lowest BCUT2D eigenvalue weighted by molar-refractivity contribution is -0.142. The van der Waals surface area contributed by atoms with Crippen LogP contribution in [0.15, 0.2) is 18.2 Å². The van der Waals surface area contributed by atoms with Crippen LogP contribution in [0.1, 0.15) is 6.42 Å². The SMILES string of the molecule is O=C(O)CC(O)C(=O)Nc1cc(Cl)cc(Cl)c1. The highest BCUT2D eigenvalue weighted by atomic mass is 35.5. The van der Waals surface area contributed by atoms with Crippen LogP contribution in [0.4, 0.5) is 5.69 Å². The Morgan fingerprint density at radius 1 is 1.24 bits per heavy atom. The topological polar surface area (TPSA) is 86.6 Å². The molecule has 0 heterocycles. The minimum absolute atomic E-state index is 0.289. The highest BCUT2D eigenvalue weighted by Gasteiger charge is 2.18. The number of aliphatic hydroxyl groups excluding tert-OH is 1. The molecule has 0 saturated carbocycles. The summed E-state index contributed by atoms with van der Waals surface area (Å²) in [5, 5.41) is 20.6. The minimum atomic E-state index is -1.62. The molecule has 1 rings (SSSR count). The normalized spacial score (nSPS) is 11.9. The van der Waals surface area contributed by atoms with E-state index in [1.807, 2.05) is 0 Å². The van der Waals surface area contributed by atoms with Crippen molar-refractivity contribution in [3.05, 3.63) is 28.2 Å². The maximum absolute atomic E-state index is 11.4. The summed E-state index contributed by atoms with van der Waals surface area (Å²) in [7, 11) is 0. The fraction of sp³-hybridized carbons (Fsp3) is 0.200. The van der Waals surface area contributed by atoms with Crippen molar-refractivity contribution in [2.24, 2.45) is 0 Å². The summed E-state index contributed by atoms with van der Waals surface area (Å²) >= 11 is 11.4. The van der Waals surface area contributed by atoms with E-state index in [0.29, 0.717) is 10.0 Å². The van der Waals surface area contributed by atoms with Crippen LogP contribution < -0.4 is 5.32 Å². The van der Waals surface area contributed by atoms with Gasteiger partial charge in [-0.05, 0) is 18.2 Å². The lowest BCUT2D eigenvalue weighted by atomic mass is 10.2. The fourth-order valence-electron chi connectivity index (χ4n) is 1.11. The van der Waals surface area contributed by atoms with Gasteiger partial charge in [0, 0.05) is 15.7 Å². The average Bonchev–Trinajstić information content (AvgIpc) is 2.14. The quantitative estimate of drug-likeness (QED) is 0.783. The molecule has 1 unspecified atom stereocenters. The van der Waals surface area contributed by atoms with Crippen molar-refractivity contribution in [3.63, 3.8) is 0 Å². The van der Waals surface area contributed by atoms with Gasteiger partial charge in [0.15, 0.2) is 0 Å². The Labute approximate surface area is 107 Å². The highest BCUT2D eigenvalue weighted by Crippen LogP contribution is 2.22. The smallest absolute Gasteiger partial charge is 0.306 e. The third kappa shape index (κ3) is 4.60. The lowest BCUT2D eigenvalue weighted by Crippen LogP contribution is -2.29. The largest absolute Gasteiger partial charge is 0.481 e. The lowest BCUT2D eigenvalue weighted by Gasteiger charge is -2.09. The molecule has 0 fully saturated rings. The summed E-state index contributed by atoms with van der Waals surface area (Å²) in [5.74, 6) is -2.09. The van der Waals surface area contributed by atoms with Gasteiger partial charge in [-0.1, -0.05) is 23.2 Å². The number of carbonyl (C=O) groups excluding carboxylic acids is 1. The Kier molecular flexibility index (Phi) is 4.74. The number of hydrogen-bond acceptors (Lipinski definition) is 3. The molecule has 1 atom stereocenters. The molecule has 0 aromatic heterocycles. The van der Waals surface area contributed by atoms with E-state index in [1.54, 1.807) is 0 Å². The third-order valence-corrected chi connectivity index (χ3v) is 2.24. The average molecular weight is 278 g/mol. The van der Waals surface area contributed by atoms with Crippen molar-refractivity contribution in [1.29, 1.82) is 0 Å². The monoisotopic (exact) mass is 277 g/mol. The van der Waals surface area contributed by atoms with Crippen molar-refractivity contribution in [2.75, 3.05) is 5.32 Å².